The molecule has 1 N–H and O–H groups in total. The normalized spacial score (nSPS) is 16.3. The Balaban J connectivity index is 1.37. The van der Waals surface area contributed by atoms with Gasteiger partial charge in [-0.2, -0.15) is 0 Å². The number of ether oxygens (including phenoxy) is 3. The van der Waals surface area contributed by atoms with Crippen molar-refractivity contribution in [2.75, 3.05) is 23.6 Å². The van der Waals surface area contributed by atoms with E-state index in [9.17, 15) is 9.59 Å². The van der Waals surface area contributed by atoms with E-state index >= 15 is 0 Å². The lowest BCUT2D eigenvalue weighted by Crippen LogP contribution is -2.45. The Morgan fingerprint density at radius 2 is 1.78 bits per heavy atom. The SMILES string of the molecule is CC1Oc2ccc(NC(=O)c3ccc4c(c3)OCO4)cc2N(CCc2ccccc2)C1=O. The molecule has 0 saturated carbocycles. The van der Waals surface area contributed by atoms with E-state index in [2.05, 4.69) is 5.32 Å². The summed E-state index contributed by atoms with van der Waals surface area (Å²) in [6.45, 7) is 2.41. The van der Waals surface area contributed by atoms with E-state index in [1.165, 1.54) is 0 Å². The number of benzene rings is 3. The number of rotatable bonds is 5. The summed E-state index contributed by atoms with van der Waals surface area (Å²) in [6.07, 6.45) is 0.152. The lowest BCUT2D eigenvalue weighted by molar-refractivity contribution is -0.125. The highest BCUT2D eigenvalue weighted by Gasteiger charge is 2.31. The molecule has 2 amide bonds. The molecule has 32 heavy (non-hydrogen) atoms. The van der Waals surface area contributed by atoms with E-state index < -0.39 is 6.10 Å². The molecule has 1 unspecified atom stereocenters. The summed E-state index contributed by atoms with van der Waals surface area (Å²) >= 11 is 0. The second-order valence-corrected chi connectivity index (χ2v) is 7.69. The van der Waals surface area contributed by atoms with Crippen LogP contribution in [0.15, 0.2) is 66.7 Å². The van der Waals surface area contributed by atoms with Gasteiger partial charge in [0.2, 0.25) is 6.79 Å². The van der Waals surface area contributed by atoms with Gasteiger partial charge >= 0.3 is 0 Å². The molecule has 2 aliphatic heterocycles. The van der Waals surface area contributed by atoms with Crippen LogP contribution in [0.25, 0.3) is 0 Å². The zero-order chi connectivity index (χ0) is 22.1. The number of anilines is 2. The maximum atomic E-state index is 12.9. The average Bonchev–Trinajstić information content (AvgIpc) is 3.28. The quantitative estimate of drug-likeness (QED) is 0.662. The number of fused-ring (bicyclic) bond motifs is 2. The van der Waals surface area contributed by atoms with Gasteiger partial charge in [-0.25, -0.2) is 0 Å². The predicted octanol–water partition coefficient (Wildman–Crippen LogP) is 4.02. The molecule has 5 rings (SSSR count). The van der Waals surface area contributed by atoms with Gasteiger partial charge in [-0.3, -0.25) is 9.59 Å². The number of nitrogens with one attached hydrogen (secondary N) is 1. The molecule has 1 atom stereocenters. The third-order valence-corrected chi connectivity index (χ3v) is 5.53. The molecule has 3 aromatic carbocycles. The summed E-state index contributed by atoms with van der Waals surface area (Å²) in [5.41, 5.74) is 2.82. The Bertz CT molecular complexity index is 1180. The van der Waals surface area contributed by atoms with Gasteiger partial charge < -0.3 is 24.4 Å². The van der Waals surface area contributed by atoms with Crippen LogP contribution in [0.5, 0.6) is 17.2 Å². The third-order valence-electron chi connectivity index (χ3n) is 5.53. The van der Waals surface area contributed by atoms with Crippen molar-refractivity contribution in [3.63, 3.8) is 0 Å². The molecule has 0 aliphatic carbocycles. The number of hydrogen-bond donors (Lipinski definition) is 1. The third kappa shape index (κ3) is 3.85. The second-order valence-electron chi connectivity index (χ2n) is 7.69. The molecule has 3 aromatic rings. The molecule has 0 spiro atoms. The first-order valence-corrected chi connectivity index (χ1v) is 10.5. The number of carbonyl (C=O) groups excluding carboxylic acids is 2. The van der Waals surface area contributed by atoms with E-state index in [0.717, 1.165) is 5.56 Å². The second kappa shape index (κ2) is 8.26. The highest BCUT2D eigenvalue weighted by Crippen LogP contribution is 2.37. The lowest BCUT2D eigenvalue weighted by atomic mass is 10.1. The van der Waals surface area contributed by atoms with E-state index in [1.54, 1.807) is 48.2 Å². The minimum absolute atomic E-state index is 0.104. The van der Waals surface area contributed by atoms with Gasteiger partial charge in [0.15, 0.2) is 17.6 Å². The zero-order valence-electron chi connectivity index (χ0n) is 17.5. The topological polar surface area (TPSA) is 77.1 Å². The smallest absolute Gasteiger partial charge is 0.267 e. The molecular weight excluding hydrogens is 408 g/mol. The van der Waals surface area contributed by atoms with Gasteiger partial charge in [-0.1, -0.05) is 30.3 Å². The molecule has 162 valence electrons. The summed E-state index contributed by atoms with van der Waals surface area (Å²) < 4.78 is 16.4. The minimum atomic E-state index is -0.563. The van der Waals surface area contributed by atoms with Crippen LogP contribution in [-0.2, 0) is 11.2 Å². The zero-order valence-corrected chi connectivity index (χ0v) is 17.5. The van der Waals surface area contributed by atoms with Gasteiger partial charge in [0.25, 0.3) is 11.8 Å². The summed E-state index contributed by atoms with van der Waals surface area (Å²) in [5.74, 6) is 1.40. The van der Waals surface area contributed by atoms with Crippen LogP contribution in [0.1, 0.15) is 22.8 Å². The van der Waals surface area contributed by atoms with Crippen molar-refractivity contribution in [2.45, 2.75) is 19.4 Å². The molecule has 0 fully saturated rings. The molecule has 2 heterocycles. The fourth-order valence-electron chi connectivity index (χ4n) is 3.84. The average molecular weight is 430 g/mol. The number of hydrogen-bond acceptors (Lipinski definition) is 5. The molecule has 0 saturated heterocycles. The highest BCUT2D eigenvalue weighted by molar-refractivity contribution is 6.06. The van der Waals surface area contributed by atoms with Gasteiger partial charge in [0.1, 0.15) is 5.75 Å². The Labute approximate surface area is 185 Å². The molecule has 0 bridgehead atoms. The van der Waals surface area contributed by atoms with Crippen LogP contribution in [0, 0.1) is 0 Å². The Morgan fingerprint density at radius 3 is 2.62 bits per heavy atom. The van der Waals surface area contributed by atoms with Crippen molar-refractivity contribution < 1.29 is 23.8 Å². The fraction of sp³-hybridized carbons (Fsp3) is 0.200. The van der Waals surface area contributed by atoms with Crippen molar-refractivity contribution >= 4 is 23.2 Å². The van der Waals surface area contributed by atoms with Gasteiger partial charge in [-0.15, -0.1) is 0 Å². The first-order valence-electron chi connectivity index (χ1n) is 10.5. The lowest BCUT2D eigenvalue weighted by Gasteiger charge is -2.33. The number of nitrogens with zero attached hydrogens (tertiary/aromatic N) is 1. The van der Waals surface area contributed by atoms with E-state index in [4.69, 9.17) is 14.2 Å². The number of amides is 2. The summed E-state index contributed by atoms with van der Waals surface area (Å²) in [7, 11) is 0. The van der Waals surface area contributed by atoms with Crippen molar-refractivity contribution in [3.8, 4) is 17.2 Å². The largest absolute Gasteiger partial charge is 0.479 e. The molecule has 2 aliphatic rings. The van der Waals surface area contributed by atoms with E-state index in [-0.39, 0.29) is 18.6 Å². The summed E-state index contributed by atoms with van der Waals surface area (Å²) in [4.78, 5) is 27.4. The minimum Gasteiger partial charge on any atom is -0.479 e. The van der Waals surface area contributed by atoms with Crippen LogP contribution < -0.4 is 24.4 Å². The highest BCUT2D eigenvalue weighted by atomic mass is 16.7. The molecule has 0 aromatic heterocycles. The fourth-order valence-corrected chi connectivity index (χ4v) is 3.84. The first-order chi connectivity index (χ1) is 15.6. The Kier molecular flexibility index (Phi) is 5.15. The monoisotopic (exact) mass is 430 g/mol. The maximum absolute atomic E-state index is 12.9. The first kappa shape index (κ1) is 19.9. The summed E-state index contributed by atoms with van der Waals surface area (Å²) in [5, 5.41) is 2.89. The number of carbonyl (C=O) groups is 2. The van der Waals surface area contributed by atoms with Crippen LogP contribution >= 0.6 is 0 Å². The van der Waals surface area contributed by atoms with E-state index in [1.807, 2.05) is 30.3 Å². The Morgan fingerprint density at radius 1 is 1.00 bits per heavy atom. The Hall–Kier alpha value is -4.00. The molecule has 7 nitrogen and oxygen atoms in total. The van der Waals surface area contributed by atoms with Crippen molar-refractivity contribution in [1.82, 2.24) is 0 Å². The van der Waals surface area contributed by atoms with Gasteiger partial charge in [0.05, 0.1) is 5.69 Å². The van der Waals surface area contributed by atoms with Crippen LogP contribution in [0.3, 0.4) is 0 Å². The molecule has 0 radical (unpaired) electrons. The van der Waals surface area contributed by atoms with Gasteiger partial charge in [-0.05, 0) is 55.3 Å². The van der Waals surface area contributed by atoms with Crippen molar-refractivity contribution in [3.05, 3.63) is 77.9 Å². The maximum Gasteiger partial charge on any atom is 0.267 e. The predicted molar refractivity (Wildman–Crippen MR) is 120 cm³/mol. The van der Waals surface area contributed by atoms with Crippen LogP contribution in [-0.4, -0.2) is 31.3 Å². The molecular formula is C25H22N2O5. The van der Waals surface area contributed by atoms with Crippen LogP contribution in [0.4, 0.5) is 11.4 Å². The summed E-state index contributed by atoms with van der Waals surface area (Å²) in [6, 6.07) is 20.4. The molecule has 7 heteroatoms. The van der Waals surface area contributed by atoms with Gasteiger partial charge in [0, 0.05) is 17.8 Å². The van der Waals surface area contributed by atoms with Crippen LogP contribution in [0.2, 0.25) is 0 Å². The van der Waals surface area contributed by atoms with Crippen molar-refractivity contribution in [2.24, 2.45) is 0 Å². The standard InChI is InChI=1S/C25H22N2O5/c1-16-25(29)27(12-11-17-5-3-2-4-6-17)20-14-19(8-10-21(20)32-16)26-24(28)18-7-9-22-23(13-18)31-15-30-22/h2-10,13-14,16H,11-12,15H2,1H3,(H,26,28). The van der Waals surface area contributed by atoms with Crippen molar-refractivity contribution in [1.29, 1.82) is 0 Å². The van der Waals surface area contributed by atoms with E-state index in [0.29, 0.717) is 47.2 Å².